The summed E-state index contributed by atoms with van der Waals surface area (Å²) in [7, 11) is -3.73. The van der Waals surface area contributed by atoms with Gasteiger partial charge in [-0.25, -0.2) is 8.42 Å². The molecule has 1 saturated carbocycles. The summed E-state index contributed by atoms with van der Waals surface area (Å²) in [5, 5.41) is 2.96. The summed E-state index contributed by atoms with van der Waals surface area (Å²) >= 11 is 0. The first-order valence-corrected chi connectivity index (χ1v) is 11.6. The SMILES string of the molecule is Cc1ccc(C)c(S(=O)(=O)C2(C(=O)NCCC3=CCCCC3)CCCC2)c1. The van der Waals surface area contributed by atoms with E-state index in [1.165, 1.54) is 18.4 Å². The average molecular weight is 390 g/mol. The largest absolute Gasteiger partial charge is 0.354 e. The molecular weight excluding hydrogens is 358 g/mol. The van der Waals surface area contributed by atoms with Gasteiger partial charge in [-0.1, -0.05) is 36.6 Å². The van der Waals surface area contributed by atoms with Crippen molar-refractivity contribution in [2.75, 3.05) is 6.54 Å². The van der Waals surface area contributed by atoms with Crippen molar-refractivity contribution in [3.8, 4) is 0 Å². The van der Waals surface area contributed by atoms with E-state index in [4.69, 9.17) is 0 Å². The Kier molecular flexibility index (Phi) is 6.09. The van der Waals surface area contributed by atoms with Gasteiger partial charge in [-0.3, -0.25) is 4.79 Å². The highest BCUT2D eigenvalue weighted by Crippen LogP contribution is 2.41. The van der Waals surface area contributed by atoms with Crippen LogP contribution < -0.4 is 5.32 Å². The molecule has 1 N–H and O–H groups in total. The van der Waals surface area contributed by atoms with Crippen molar-refractivity contribution in [1.82, 2.24) is 5.32 Å². The van der Waals surface area contributed by atoms with Crippen LogP contribution in [0, 0.1) is 13.8 Å². The Morgan fingerprint density at radius 2 is 1.85 bits per heavy atom. The molecule has 0 radical (unpaired) electrons. The standard InChI is InChI=1S/C22H31NO3S/c1-17-10-11-18(2)20(16-17)27(25,26)22(13-6-7-14-22)21(24)23-15-12-19-8-4-3-5-9-19/h8,10-11,16H,3-7,9,12-15H2,1-2H3,(H,23,24). The highest BCUT2D eigenvalue weighted by molar-refractivity contribution is 7.93. The molecule has 2 aliphatic carbocycles. The van der Waals surface area contributed by atoms with Crippen LogP contribution in [0.4, 0.5) is 0 Å². The topological polar surface area (TPSA) is 63.2 Å². The summed E-state index contributed by atoms with van der Waals surface area (Å²) in [6, 6.07) is 5.46. The molecule has 0 unspecified atom stereocenters. The molecule has 0 aromatic heterocycles. The molecule has 0 saturated heterocycles. The molecule has 27 heavy (non-hydrogen) atoms. The van der Waals surface area contributed by atoms with Crippen LogP contribution in [0.15, 0.2) is 34.7 Å². The minimum Gasteiger partial charge on any atom is -0.354 e. The Balaban J connectivity index is 1.81. The lowest BCUT2D eigenvalue weighted by Crippen LogP contribution is -2.51. The predicted molar refractivity (Wildman–Crippen MR) is 108 cm³/mol. The third-order valence-corrected chi connectivity index (χ3v) is 8.73. The second-order valence-electron chi connectivity index (χ2n) is 8.09. The molecule has 3 rings (SSSR count). The second kappa shape index (κ2) is 8.17. The third kappa shape index (κ3) is 3.98. The van der Waals surface area contributed by atoms with Gasteiger partial charge in [0.25, 0.3) is 0 Å². The molecule has 148 valence electrons. The van der Waals surface area contributed by atoms with Crippen LogP contribution >= 0.6 is 0 Å². The molecule has 1 aromatic carbocycles. The molecule has 1 fully saturated rings. The van der Waals surface area contributed by atoms with Gasteiger partial charge < -0.3 is 5.32 Å². The van der Waals surface area contributed by atoms with Gasteiger partial charge in [-0.05, 0) is 76.0 Å². The average Bonchev–Trinajstić information content (AvgIpc) is 3.16. The number of rotatable bonds is 6. The summed E-state index contributed by atoms with van der Waals surface area (Å²) in [5.74, 6) is -0.308. The van der Waals surface area contributed by atoms with Crippen LogP contribution in [0.5, 0.6) is 0 Å². The van der Waals surface area contributed by atoms with Gasteiger partial charge in [0.05, 0.1) is 4.90 Å². The Morgan fingerprint density at radius 3 is 2.52 bits per heavy atom. The third-order valence-electron chi connectivity index (χ3n) is 6.09. The lowest BCUT2D eigenvalue weighted by atomic mass is 9.97. The zero-order valence-corrected chi connectivity index (χ0v) is 17.3. The molecule has 0 bridgehead atoms. The number of carbonyl (C=O) groups is 1. The number of benzene rings is 1. The van der Waals surface area contributed by atoms with Crippen LogP contribution in [0.3, 0.4) is 0 Å². The number of allylic oxidation sites excluding steroid dienone is 1. The maximum absolute atomic E-state index is 13.6. The Labute approximate surface area is 163 Å². The highest BCUT2D eigenvalue weighted by Gasteiger charge is 2.53. The van der Waals surface area contributed by atoms with Crippen LogP contribution in [0.25, 0.3) is 0 Å². The van der Waals surface area contributed by atoms with Crippen molar-refractivity contribution in [3.05, 3.63) is 41.0 Å². The molecule has 2 aliphatic rings. The van der Waals surface area contributed by atoms with Gasteiger partial charge in [0.2, 0.25) is 5.91 Å². The van der Waals surface area contributed by atoms with Gasteiger partial charge in [0.1, 0.15) is 0 Å². The van der Waals surface area contributed by atoms with Crippen molar-refractivity contribution in [3.63, 3.8) is 0 Å². The number of aryl methyl sites for hydroxylation is 2. The maximum Gasteiger partial charge on any atom is 0.241 e. The van der Waals surface area contributed by atoms with Gasteiger partial charge in [-0.2, -0.15) is 0 Å². The lowest BCUT2D eigenvalue weighted by molar-refractivity contribution is -0.123. The molecule has 4 nitrogen and oxygen atoms in total. The molecule has 1 aromatic rings. The van der Waals surface area contributed by atoms with Crippen molar-refractivity contribution in [2.24, 2.45) is 0 Å². The van der Waals surface area contributed by atoms with E-state index in [-0.39, 0.29) is 5.91 Å². The minimum absolute atomic E-state index is 0.308. The summed E-state index contributed by atoms with van der Waals surface area (Å²) in [6.45, 7) is 4.22. The van der Waals surface area contributed by atoms with E-state index >= 15 is 0 Å². The molecule has 0 heterocycles. The van der Waals surface area contributed by atoms with Crippen molar-refractivity contribution < 1.29 is 13.2 Å². The zero-order valence-electron chi connectivity index (χ0n) is 16.5. The van der Waals surface area contributed by atoms with E-state index in [0.29, 0.717) is 29.8 Å². The minimum atomic E-state index is -3.73. The van der Waals surface area contributed by atoms with Crippen molar-refractivity contribution in [1.29, 1.82) is 0 Å². The fourth-order valence-electron chi connectivity index (χ4n) is 4.40. The normalized spacial score (nSPS) is 19.6. The second-order valence-corrected chi connectivity index (χ2v) is 10.3. The first-order chi connectivity index (χ1) is 12.9. The number of nitrogens with one attached hydrogen (secondary N) is 1. The molecule has 5 heteroatoms. The van der Waals surface area contributed by atoms with Gasteiger partial charge >= 0.3 is 0 Å². The summed E-state index contributed by atoms with van der Waals surface area (Å²) in [6.07, 6.45) is 10.2. The molecule has 0 atom stereocenters. The Bertz CT molecular complexity index is 833. The number of hydrogen-bond acceptors (Lipinski definition) is 3. The van der Waals surface area contributed by atoms with Crippen LogP contribution in [0.2, 0.25) is 0 Å². The fraction of sp³-hybridized carbons (Fsp3) is 0.591. The quantitative estimate of drug-likeness (QED) is 0.734. The van der Waals surface area contributed by atoms with Crippen molar-refractivity contribution in [2.45, 2.75) is 81.3 Å². The van der Waals surface area contributed by atoms with Gasteiger partial charge in [0, 0.05) is 6.54 Å². The number of sulfone groups is 1. The predicted octanol–water partition coefficient (Wildman–Crippen LogP) is 4.40. The molecular formula is C22H31NO3S. The van der Waals surface area contributed by atoms with E-state index in [0.717, 1.165) is 37.7 Å². The van der Waals surface area contributed by atoms with Crippen molar-refractivity contribution >= 4 is 15.7 Å². The fourth-order valence-corrected chi connectivity index (χ4v) is 6.80. The van der Waals surface area contributed by atoms with Gasteiger partial charge in [0.15, 0.2) is 14.6 Å². The Hall–Kier alpha value is -1.62. The number of carbonyl (C=O) groups excluding carboxylic acids is 1. The monoisotopic (exact) mass is 389 g/mol. The molecule has 0 aliphatic heterocycles. The molecule has 0 spiro atoms. The van der Waals surface area contributed by atoms with E-state index < -0.39 is 14.6 Å². The van der Waals surface area contributed by atoms with E-state index in [9.17, 15) is 13.2 Å². The number of amides is 1. The number of hydrogen-bond donors (Lipinski definition) is 1. The first kappa shape index (κ1) is 20.1. The first-order valence-electron chi connectivity index (χ1n) is 10.1. The van der Waals surface area contributed by atoms with E-state index in [1.54, 1.807) is 6.07 Å². The summed E-state index contributed by atoms with van der Waals surface area (Å²) in [4.78, 5) is 13.4. The Morgan fingerprint density at radius 1 is 1.11 bits per heavy atom. The lowest BCUT2D eigenvalue weighted by Gasteiger charge is -2.28. The summed E-state index contributed by atoms with van der Waals surface area (Å²) < 4.78 is 25.8. The van der Waals surface area contributed by atoms with Crippen LogP contribution in [0.1, 0.15) is 68.9 Å². The van der Waals surface area contributed by atoms with Gasteiger partial charge in [-0.15, -0.1) is 0 Å². The maximum atomic E-state index is 13.6. The van der Waals surface area contributed by atoms with Crippen LogP contribution in [-0.2, 0) is 14.6 Å². The van der Waals surface area contributed by atoms with E-state index in [2.05, 4.69) is 11.4 Å². The van der Waals surface area contributed by atoms with Crippen LogP contribution in [-0.4, -0.2) is 25.6 Å². The summed E-state index contributed by atoms with van der Waals surface area (Å²) in [5.41, 5.74) is 3.00. The van der Waals surface area contributed by atoms with E-state index in [1.807, 2.05) is 26.0 Å². The highest BCUT2D eigenvalue weighted by atomic mass is 32.2. The molecule has 1 amide bonds. The zero-order chi connectivity index (χ0) is 19.5. The smallest absolute Gasteiger partial charge is 0.241 e.